The number of halogens is 1. The Morgan fingerprint density at radius 1 is 0.477 bits per heavy atom. The molecule has 0 aromatic rings. The van der Waals surface area contributed by atoms with Gasteiger partial charge in [0.1, 0.15) is 5.57 Å². The fourth-order valence-electron chi connectivity index (χ4n) is 12.6. The van der Waals surface area contributed by atoms with Gasteiger partial charge in [0.15, 0.2) is 23.4 Å². The summed E-state index contributed by atoms with van der Waals surface area (Å²) in [6.07, 6.45) is 51.4. The second-order valence-electron chi connectivity index (χ2n) is 29.9. The third kappa shape index (κ3) is 43.5. The summed E-state index contributed by atoms with van der Waals surface area (Å²) in [5.74, 6) is -7.15. The zero-order valence-corrected chi connectivity index (χ0v) is 77.9. The third-order valence-corrected chi connectivity index (χ3v) is 18.8. The van der Waals surface area contributed by atoms with Crippen molar-refractivity contribution in [3.05, 3.63) is 219 Å². The average Bonchev–Trinajstić information content (AvgIpc) is 0.834. The maximum Gasteiger partial charge on any atom is 2.00 e. The second kappa shape index (κ2) is 58.3. The fraction of sp³-hybridized carbons (Fsp3) is 0.489. The van der Waals surface area contributed by atoms with E-state index >= 15 is 0 Å². The predicted molar refractivity (Wildman–Crippen MR) is 442 cm³/mol. The first-order chi connectivity index (χ1) is 49.4. The maximum atomic E-state index is 12.1. The van der Waals surface area contributed by atoms with E-state index < -0.39 is 53.6 Å². The van der Waals surface area contributed by atoms with Gasteiger partial charge in [-0.3, -0.25) is 28.8 Å². The number of nitrogens with zero attached hydrogens (tertiary/aromatic N) is 1. The van der Waals surface area contributed by atoms with Gasteiger partial charge in [0.25, 0.3) is 0 Å². The van der Waals surface area contributed by atoms with Crippen LogP contribution in [0, 0.1) is 40.9 Å². The molecular formula is C90H131ClKMgNO17. The Labute approximate surface area is 731 Å². The van der Waals surface area contributed by atoms with Gasteiger partial charge < -0.3 is 63.7 Å². The molecule has 0 unspecified atom stereocenters. The normalized spacial score (nSPS) is 17.2. The van der Waals surface area contributed by atoms with E-state index in [4.69, 9.17) is 14.6 Å². The Balaban J connectivity index is -0.000000313. The Bertz CT molecular complexity index is 3670. The van der Waals surface area contributed by atoms with Crippen molar-refractivity contribution in [1.82, 2.24) is 4.90 Å². The van der Waals surface area contributed by atoms with E-state index in [1.807, 2.05) is 57.5 Å². The number of allylic oxidation sites excluding steroid dienone is 31. The first-order valence-electron chi connectivity index (χ1n) is 36.1. The number of carbonyl (C=O) groups is 9. The summed E-state index contributed by atoms with van der Waals surface area (Å²) in [5, 5.41) is 8.65. The Kier molecular flexibility index (Phi) is 60.5. The van der Waals surface area contributed by atoms with Gasteiger partial charge in [-0.25, -0.2) is 14.4 Å². The van der Waals surface area contributed by atoms with Crippen LogP contribution in [-0.2, 0) is 71.6 Å². The molecule has 0 aromatic heterocycles. The van der Waals surface area contributed by atoms with Gasteiger partial charge in [-0.05, 0) is 244 Å². The van der Waals surface area contributed by atoms with Gasteiger partial charge in [-0.2, -0.15) is 0 Å². The van der Waals surface area contributed by atoms with Gasteiger partial charge >= 0.3 is 116 Å². The van der Waals surface area contributed by atoms with E-state index in [-0.39, 0.29) is 139 Å². The summed E-state index contributed by atoms with van der Waals surface area (Å²) in [5.41, 5.74) is 16.1. The van der Waals surface area contributed by atoms with E-state index in [0.29, 0.717) is 16.7 Å². The van der Waals surface area contributed by atoms with Crippen LogP contribution in [0.15, 0.2) is 211 Å². The molecule has 0 radical (unpaired) electrons. The SMILES string of the molecule is CC(=O)/C=C/C1=C(C)CCCC1(C)C.CC1=C(/C=C/C(C)=C/C=C/C(C)=C/C(=O)O)C(C)(C)CCC1.COC(=O)C(C(=O)OC)/C(C)=C/C=C/C(=O)/C=C/C1=C(C)CCCC1(C)C.COC(=O)C(C(=O)OC)/C(C)=C/C=C/C(C)=C/C=C1/C(C)=CCCC1(C)C.COC(=O)C(C(=O)OC)=C(C)/C=C/N(C)C.[CH3-].[Cl-].[K+].[Mg+2].[OH-]. The summed E-state index contributed by atoms with van der Waals surface area (Å²) in [6, 6.07) is 0. The van der Waals surface area contributed by atoms with Crippen molar-refractivity contribution in [2.75, 3.05) is 56.8 Å². The molecule has 0 aliphatic heterocycles. The molecule has 0 fully saturated rings. The zero-order valence-electron chi connectivity index (χ0n) is 72.6. The van der Waals surface area contributed by atoms with Crippen LogP contribution in [0.5, 0.6) is 0 Å². The van der Waals surface area contributed by atoms with Crippen molar-refractivity contribution in [2.24, 2.45) is 33.5 Å². The Morgan fingerprint density at radius 3 is 1.19 bits per heavy atom. The van der Waals surface area contributed by atoms with Crippen molar-refractivity contribution >= 4 is 76.4 Å². The summed E-state index contributed by atoms with van der Waals surface area (Å²) < 4.78 is 27.7. The van der Waals surface area contributed by atoms with Gasteiger partial charge in [-0.1, -0.05) is 180 Å². The standard InChI is InChI=1S/C23H32O4.C22H30O5.C20H28O2.C13H20O.C11H17NO4.CH3.ClH.K.Mg.H2O/c1-16(13-14-19-17(2)12-9-15-23(19,4)5)10-8-11-18(3)20(21(24)26-6)22(25)27-7;1-15-10-8-14-22(3,4)18(15)13-12-17(23)11-7-9-16(2)19(20(24)26-5)21(25)27-6;1-15(8-6-9-16(2)14-19(21)22)11-12-18-17(3)10-7-13-20(18,4)5;1-10-6-5-9-13(3,4)12(10)8-7-11(2)14;1-8(6-7-12(2)3)9(10(13)15-4)11(14)16-5;;;;;/h8,10-14,20H,9,15H2,1-7H3;7,9,11-13,19H,8,10,14H2,1-6H3;6,8-9,11-12,14H,7,10,13H2,1-5H3,(H,21,22);7-8H,5-6,9H2,1-4H3;6-7H,1-5H3;1H3;1H;;;1H2/q;;;;;-1;;+1;+2;/p-2/b10-8+,16-13+,18-11+,19-14-;11-7+,13-12+,16-9+;9-6+,12-11+,15-8+,16-14+;8-7+;7-6+;;;;;. The van der Waals surface area contributed by atoms with Crippen LogP contribution in [0.1, 0.15) is 202 Å². The molecule has 608 valence electrons. The number of rotatable bonds is 24. The molecule has 4 aliphatic rings. The van der Waals surface area contributed by atoms with E-state index in [0.717, 1.165) is 42.4 Å². The summed E-state index contributed by atoms with van der Waals surface area (Å²) in [6.45, 7) is 39.2. The first kappa shape index (κ1) is 115. The number of aliphatic carboxylic acids is 1. The van der Waals surface area contributed by atoms with Gasteiger partial charge in [-0.15, -0.1) is 0 Å². The molecule has 0 amide bonds. The van der Waals surface area contributed by atoms with Gasteiger partial charge in [0.05, 0.1) is 42.7 Å². The van der Waals surface area contributed by atoms with Gasteiger partial charge in [0.2, 0.25) is 0 Å². The molecule has 0 spiro atoms. The molecule has 21 heteroatoms. The number of carboxylic acid groups (broad SMARTS) is 1. The molecule has 0 atom stereocenters. The van der Waals surface area contributed by atoms with Crippen molar-refractivity contribution < 1.29 is 146 Å². The van der Waals surface area contributed by atoms with Crippen LogP contribution >= 0.6 is 0 Å². The number of ether oxygens (including phenoxy) is 6. The monoisotopic (exact) mass is 1600 g/mol. The summed E-state index contributed by atoms with van der Waals surface area (Å²) in [7, 11) is 11.0. The minimum atomic E-state index is -1.13. The van der Waals surface area contributed by atoms with Crippen LogP contribution in [-0.4, -0.2) is 149 Å². The smallest absolute Gasteiger partial charge is 1.00 e. The number of hydrogen-bond acceptors (Lipinski definition) is 17. The van der Waals surface area contributed by atoms with E-state index in [2.05, 4.69) is 139 Å². The number of carbonyl (C=O) groups excluding carboxylic acids is 8. The van der Waals surface area contributed by atoms with E-state index in [9.17, 15) is 43.2 Å². The van der Waals surface area contributed by atoms with Crippen LogP contribution in [0.2, 0.25) is 0 Å². The zero-order chi connectivity index (χ0) is 81.5. The van der Waals surface area contributed by atoms with Crippen LogP contribution in [0.4, 0.5) is 0 Å². The molecule has 18 nitrogen and oxygen atoms in total. The summed E-state index contributed by atoms with van der Waals surface area (Å²) >= 11 is 0. The van der Waals surface area contributed by atoms with Crippen molar-refractivity contribution in [1.29, 1.82) is 0 Å². The van der Waals surface area contributed by atoms with Crippen molar-refractivity contribution in [2.45, 2.75) is 202 Å². The molecule has 0 bridgehead atoms. The Hall–Kier alpha value is -6.60. The van der Waals surface area contributed by atoms with Crippen LogP contribution in [0.25, 0.3) is 0 Å². The Morgan fingerprint density at radius 2 is 0.838 bits per heavy atom. The molecule has 111 heavy (non-hydrogen) atoms. The minimum Gasteiger partial charge on any atom is -1.00 e. The molecule has 0 saturated carbocycles. The van der Waals surface area contributed by atoms with E-state index in [1.54, 1.807) is 82.2 Å². The molecular weight excluding hydrogens is 1470 g/mol. The number of ketones is 2. The van der Waals surface area contributed by atoms with Crippen LogP contribution in [0.3, 0.4) is 0 Å². The molecule has 0 heterocycles. The quantitative estimate of drug-likeness (QED) is 0.0138. The molecule has 0 aromatic carbocycles. The largest absolute Gasteiger partial charge is 2.00 e. The summed E-state index contributed by atoms with van der Waals surface area (Å²) in [4.78, 5) is 105. The number of methoxy groups -OCH3 is 6. The number of esters is 6. The topological polar surface area (TPSA) is 262 Å². The predicted octanol–water partition coefficient (Wildman–Crippen LogP) is 13.1. The number of hydrogen-bond donors (Lipinski definition) is 1. The minimum absolute atomic E-state index is 0. The van der Waals surface area contributed by atoms with Crippen molar-refractivity contribution in [3.8, 4) is 0 Å². The first-order valence-corrected chi connectivity index (χ1v) is 36.1. The molecule has 0 saturated heterocycles. The average molecular weight is 1600 g/mol. The van der Waals surface area contributed by atoms with Crippen LogP contribution < -0.4 is 63.8 Å². The third-order valence-electron chi connectivity index (χ3n) is 18.8. The second-order valence-corrected chi connectivity index (χ2v) is 29.9. The number of carboxylic acids is 1. The van der Waals surface area contributed by atoms with E-state index in [1.165, 1.54) is 150 Å². The maximum absolute atomic E-state index is 12.1. The molecule has 2 N–H and O–H groups in total. The van der Waals surface area contributed by atoms with Gasteiger partial charge in [0, 0.05) is 20.2 Å². The molecule has 4 aliphatic carbocycles. The fourth-order valence-corrected chi connectivity index (χ4v) is 12.6. The van der Waals surface area contributed by atoms with Crippen molar-refractivity contribution in [3.63, 3.8) is 0 Å². The molecule has 4 rings (SSSR count).